The van der Waals surface area contributed by atoms with Gasteiger partial charge in [0.2, 0.25) is 11.9 Å². The summed E-state index contributed by atoms with van der Waals surface area (Å²) in [5.41, 5.74) is 1.10. The third-order valence-corrected chi connectivity index (χ3v) is 3.46. The summed E-state index contributed by atoms with van der Waals surface area (Å²) >= 11 is 0. The summed E-state index contributed by atoms with van der Waals surface area (Å²) in [5.74, 6) is 0.898. The minimum absolute atomic E-state index is 0.142. The monoisotopic (exact) mass is 277 g/mol. The summed E-state index contributed by atoms with van der Waals surface area (Å²) in [6.07, 6.45) is 4.88. The van der Waals surface area contributed by atoms with Crippen LogP contribution in [-0.4, -0.2) is 53.5 Å². The van der Waals surface area contributed by atoms with Crippen molar-refractivity contribution < 1.29 is 4.79 Å². The van der Waals surface area contributed by atoms with Crippen molar-refractivity contribution in [3.63, 3.8) is 0 Å². The van der Waals surface area contributed by atoms with Gasteiger partial charge in [-0.25, -0.2) is 9.97 Å². The molecule has 0 atom stereocenters. The highest BCUT2D eigenvalue weighted by molar-refractivity contribution is 5.73. The normalized spacial score (nSPS) is 15.5. The van der Waals surface area contributed by atoms with Crippen LogP contribution in [0.5, 0.6) is 0 Å². The molecule has 0 aromatic carbocycles. The van der Waals surface area contributed by atoms with Gasteiger partial charge in [0, 0.05) is 57.6 Å². The van der Waals surface area contributed by atoms with Gasteiger partial charge < -0.3 is 15.1 Å². The average Bonchev–Trinajstić information content (AvgIpc) is 2.48. The molecule has 0 radical (unpaired) electrons. The summed E-state index contributed by atoms with van der Waals surface area (Å²) in [7, 11) is 0. The van der Waals surface area contributed by atoms with Crippen LogP contribution in [0.2, 0.25) is 0 Å². The van der Waals surface area contributed by atoms with Crippen molar-refractivity contribution >= 4 is 11.9 Å². The largest absolute Gasteiger partial charge is 0.339 e. The molecule has 1 aliphatic rings. The highest BCUT2D eigenvalue weighted by Crippen LogP contribution is 2.11. The lowest BCUT2D eigenvalue weighted by molar-refractivity contribution is -0.129. The van der Waals surface area contributed by atoms with E-state index in [0.717, 1.165) is 57.2 Å². The van der Waals surface area contributed by atoms with Crippen molar-refractivity contribution in [1.82, 2.24) is 20.2 Å². The molecule has 1 N–H and O–H groups in total. The van der Waals surface area contributed by atoms with E-state index in [1.54, 1.807) is 6.92 Å². The van der Waals surface area contributed by atoms with E-state index in [1.165, 1.54) is 0 Å². The molecular formula is C14H23N5O. The van der Waals surface area contributed by atoms with Crippen LogP contribution >= 0.6 is 0 Å². The first-order valence-corrected chi connectivity index (χ1v) is 7.22. The van der Waals surface area contributed by atoms with Crippen molar-refractivity contribution in [3.05, 3.63) is 18.0 Å². The van der Waals surface area contributed by atoms with Gasteiger partial charge in [-0.05, 0) is 13.0 Å². The standard InChI is InChI=1S/C14H23N5O/c1-3-4-15-9-13-10-16-14(17-11-13)19-7-5-18(6-8-19)12(2)20/h10-11,15H,3-9H2,1-2H3. The quantitative estimate of drug-likeness (QED) is 0.801. The lowest BCUT2D eigenvalue weighted by Crippen LogP contribution is -2.48. The van der Waals surface area contributed by atoms with Crippen LogP contribution in [0, 0.1) is 0 Å². The van der Waals surface area contributed by atoms with Gasteiger partial charge >= 0.3 is 0 Å². The maximum Gasteiger partial charge on any atom is 0.225 e. The molecule has 20 heavy (non-hydrogen) atoms. The molecule has 110 valence electrons. The van der Waals surface area contributed by atoms with Crippen molar-refractivity contribution in [2.45, 2.75) is 26.8 Å². The van der Waals surface area contributed by atoms with Crippen molar-refractivity contribution in [1.29, 1.82) is 0 Å². The fourth-order valence-electron chi connectivity index (χ4n) is 2.23. The number of anilines is 1. The van der Waals surface area contributed by atoms with E-state index in [9.17, 15) is 4.79 Å². The van der Waals surface area contributed by atoms with Gasteiger partial charge in [0.25, 0.3) is 0 Å². The molecule has 1 saturated heterocycles. The molecule has 1 aromatic heterocycles. The number of nitrogens with one attached hydrogen (secondary N) is 1. The average molecular weight is 277 g/mol. The van der Waals surface area contributed by atoms with Gasteiger partial charge in [0.15, 0.2) is 0 Å². The molecule has 1 aliphatic heterocycles. The van der Waals surface area contributed by atoms with E-state index >= 15 is 0 Å². The van der Waals surface area contributed by atoms with Crippen LogP contribution in [0.3, 0.4) is 0 Å². The number of carbonyl (C=O) groups is 1. The highest BCUT2D eigenvalue weighted by atomic mass is 16.2. The van der Waals surface area contributed by atoms with Gasteiger partial charge in [-0.2, -0.15) is 0 Å². The Kier molecular flexibility index (Phi) is 5.29. The zero-order chi connectivity index (χ0) is 14.4. The summed E-state index contributed by atoms with van der Waals surface area (Å²) in [6, 6.07) is 0. The molecule has 0 aliphatic carbocycles. The number of piperazine rings is 1. The molecule has 6 nitrogen and oxygen atoms in total. The van der Waals surface area contributed by atoms with E-state index in [-0.39, 0.29) is 5.91 Å². The minimum atomic E-state index is 0.142. The van der Waals surface area contributed by atoms with Crippen molar-refractivity contribution in [3.8, 4) is 0 Å². The first-order chi connectivity index (χ1) is 9.70. The molecular weight excluding hydrogens is 254 g/mol. The van der Waals surface area contributed by atoms with Crippen LogP contribution in [-0.2, 0) is 11.3 Å². The molecule has 1 fully saturated rings. The Morgan fingerprint density at radius 2 is 1.90 bits per heavy atom. The third kappa shape index (κ3) is 3.90. The molecule has 0 saturated carbocycles. The van der Waals surface area contributed by atoms with E-state index in [0.29, 0.717) is 0 Å². The Morgan fingerprint density at radius 3 is 2.45 bits per heavy atom. The van der Waals surface area contributed by atoms with Gasteiger partial charge in [-0.1, -0.05) is 6.92 Å². The minimum Gasteiger partial charge on any atom is -0.339 e. The maximum absolute atomic E-state index is 11.3. The molecule has 1 aromatic rings. The number of hydrogen-bond donors (Lipinski definition) is 1. The van der Waals surface area contributed by atoms with E-state index in [1.807, 2.05) is 17.3 Å². The lowest BCUT2D eigenvalue weighted by atomic mass is 10.3. The van der Waals surface area contributed by atoms with E-state index in [2.05, 4.69) is 27.1 Å². The summed E-state index contributed by atoms with van der Waals surface area (Å²) in [4.78, 5) is 24.1. The second kappa shape index (κ2) is 7.19. The van der Waals surface area contributed by atoms with Crippen molar-refractivity contribution in [2.75, 3.05) is 37.6 Å². The first kappa shape index (κ1) is 14.7. The summed E-state index contributed by atoms with van der Waals surface area (Å²) in [5, 5.41) is 3.33. The fraction of sp³-hybridized carbons (Fsp3) is 0.643. The Morgan fingerprint density at radius 1 is 1.25 bits per heavy atom. The van der Waals surface area contributed by atoms with E-state index < -0.39 is 0 Å². The van der Waals surface area contributed by atoms with E-state index in [4.69, 9.17) is 0 Å². The van der Waals surface area contributed by atoms with Crippen LogP contribution in [0.15, 0.2) is 12.4 Å². The Bertz CT molecular complexity index is 426. The second-order valence-electron chi connectivity index (χ2n) is 5.06. The maximum atomic E-state index is 11.3. The van der Waals surface area contributed by atoms with Crippen LogP contribution in [0.4, 0.5) is 5.95 Å². The number of aromatic nitrogens is 2. The molecule has 0 unspecified atom stereocenters. The van der Waals surface area contributed by atoms with Gasteiger partial charge in [0.1, 0.15) is 0 Å². The van der Waals surface area contributed by atoms with Gasteiger partial charge in [-0.3, -0.25) is 4.79 Å². The van der Waals surface area contributed by atoms with Crippen LogP contribution in [0.25, 0.3) is 0 Å². The topological polar surface area (TPSA) is 61.4 Å². The highest BCUT2D eigenvalue weighted by Gasteiger charge is 2.20. The predicted molar refractivity (Wildman–Crippen MR) is 78.5 cm³/mol. The Balaban J connectivity index is 1.86. The summed E-state index contributed by atoms with van der Waals surface area (Å²) < 4.78 is 0. The third-order valence-electron chi connectivity index (χ3n) is 3.46. The SMILES string of the molecule is CCCNCc1cnc(N2CCN(C(C)=O)CC2)nc1. The van der Waals surface area contributed by atoms with Gasteiger partial charge in [0.05, 0.1) is 0 Å². The Hall–Kier alpha value is -1.69. The fourth-order valence-corrected chi connectivity index (χ4v) is 2.23. The molecule has 2 heterocycles. The zero-order valence-corrected chi connectivity index (χ0v) is 12.3. The second-order valence-corrected chi connectivity index (χ2v) is 5.06. The van der Waals surface area contributed by atoms with Crippen LogP contribution in [0.1, 0.15) is 25.8 Å². The Labute approximate surface area is 120 Å². The first-order valence-electron chi connectivity index (χ1n) is 7.22. The van der Waals surface area contributed by atoms with Gasteiger partial charge in [-0.15, -0.1) is 0 Å². The molecule has 2 rings (SSSR count). The number of hydrogen-bond acceptors (Lipinski definition) is 5. The van der Waals surface area contributed by atoms with Crippen molar-refractivity contribution in [2.24, 2.45) is 0 Å². The molecule has 1 amide bonds. The number of amides is 1. The number of rotatable bonds is 5. The molecule has 0 spiro atoms. The number of nitrogens with zero attached hydrogens (tertiary/aromatic N) is 4. The lowest BCUT2D eigenvalue weighted by Gasteiger charge is -2.34. The molecule has 6 heteroatoms. The molecule has 0 bridgehead atoms. The predicted octanol–water partition coefficient (Wildman–Crippen LogP) is 0.645. The van der Waals surface area contributed by atoms with Crippen LogP contribution < -0.4 is 10.2 Å². The smallest absolute Gasteiger partial charge is 0.225 e. The zero-order valence-electron chi connectivity index (χ0n) is 12.3. The number of carbonyl (C=O) groups excluding carboxylic acids is 1. The summed E-state index contributed by atoms with van der Waals surface area (Å²) in [6.45, 7) is 8.68.